The number of methoxy groups -OCH3 is 1. The maximum Gasteiger partial charge on any atom is 0.140 e. The molecule has 1 fully saturated rings. The van der Waals surface area contributed by atoms with E-state index in [1.165, 1.54) is 5.71 Å². The smallest absolute Gasteiger partial charge is 0.140 e. The van der Waals surface area contributed by atoms with E-state index in [1.807, 2.05) is 0 Å². The minimum Gasteiger partial charge on any atom is -0.393 e. The first-order valence-corrected chi connectivity index (χ1v) is 4.68. The van der Waals surface area contributed by atoms with Gasteiger partial charge >= 0.3 is 0 Å². The summed E-state index contributed by atoms with van der Waals surface area (Å²) in [6.07, 6.45) is 2.06. The Labute approximate surface area is 79.5 Å². The molecule has 0 spiro atoms. The van der Waals surface area contributed by atoms with Crippen molar-refractivity contribution >= 4 is 5.71 Å². The predicted octanol–water partition coefficient (Wildman–Crippen LogP) is 0.731. The lowest BCUT2D eigenvalue weighted by Crippen LogP contribution is -2.30. The van der Waals surface area contributed by atoms with E-state index in [9.17, 15) is 0 Å². The van der Waals surface area contributed by atoms with Crippen LogP contribution in [0.2, 0.25) is 0 Å². The standard InChI is InChI=1S/C9H18N2O2/c1-11-5-3-9(4-6-11)10-13-8-7-12-2/h3-8H2,1-2H3. The van der Waals surface area contributed by atoms with Crippen molar-refractivity contribution in [2.75, 3.05) is 40.5 Å². The lowest BCUT2D eigenvalue weighted by Gasteiger charge is -2.22. The molecule has 0 aliphatic carbocycles. The molecule has 0 atom stereocenters. The molecule has 1 aliphatic heterocycles. The largest absolute Gasteiger partial charge is 0.393 e. The van der Waals surface area contributed by atoms with Crippen molar-refractivity contribution in [1.29, 1.82) is 0 Å². The van der Waals surface area contributed by atoms with E-state index in [4.69, 9.17) is 9.57 Å². The molecule has 0 aromatic heterocycles. The second kappa shape index (κ2) is 5.94. The molecule has 4 heteroatoms. The highest BCUT2D eigenvalue weighted by molar-refractivity contribution is 5.84. The highest BCUT2D eigenvalue weighted by Crippen LogP contribution is 2.04. The minimum absolute atomic E-state index is 0.551. The van der Waals surface area contributed by atoms with Crippen LogP contribution >= 0.6 is 0 Å². The van der Waals surface area contributed by atoms with E-state index < -0.39 is 0 Å². The number of hydrogen-bond acceptors (Lipinski definition) is 4. The molecule has 1 rings (SSSR count). The van der Waals surface area contributed by atoms with Gasteiger partial charge in [0.05, 0.1) is 12.3 Å². The third kappa shape index (κ3) is 4.24. The lowest BCUT2D eigenvalue weighted by atomic mass is 10.1. The van der Waals surface area contributed by atoms with Crippen molar-refractivity contribution in [2.24, 2.45) is 5.16 Å². The summed E-state index contributed by atoms with van der Waals surface area (Å²) >= 11 is 0. The molecule has 1 aliphatic rings. The highest BCUT2D eigenvalue weighted by atomic mass is 16.6. The van der Waals surface area contributed by atoms with E-state index in [-0.39, 0.29) is 0 Å². The van der Waals surface area contributed by atoms with Crippen LogP contribution in [0.1, 0.15) is 12.8 Å². The van der Waals surface area contributed by atoms with Crippen LogP contribution in [0.25, 0.3) is 0 Å². The Hall–Kier alpha value is -0.610. The van der Waals surface area contributed by atoms with Crippen LogP contribution in [-0.4, -0.2) is 51.1 Å². The van der Waals surface area contributed by atoms with Crippen molar-refractivity contribution in [2.45, 2.75) is 12.8 Å². The Balaban J connectivity index is 2.12. The van der Waals surface area contributed by atoms with Crippen LogP contribution in [0.3, 0.4) is 0 Å². The Morgan fingerprint density at radius 2 is 2.00 bits per heavy atom. The minimum atomic E-state index is 0.551. The summed E-state index contributed by atoms with van der Waals surface area (Å²) in [7, 11) is 3.79. The van der Waals surface area contributed by atoms with Gasteiger partial charge in [-0.2, -0.15) is 0 Å². The number of hydrogen-bond donors (Lipinski definition) is 0. The molecule has 0 aromatic rings. The Bertz CT molecular complexity index is 161. The zero-order chi connectivity index (χ0) is 9.52. The quantitative estimate of drug-likeness (QED) is 0.479. The van der Waals surface area contributed by atoms with Gasteiger partial charge in [-0.1, -0.05) is 5.16 Å². The molecule has 0 N–H and O–H groups in total. The van der Waals surface area contributed by atoms with E-state index in [0.29, 0.717) is 13.2 Å². The van der Waals surface area contributed by atoms with E-state index >= 15 is 0 Å². The van der Waals surface area contributed by atoms with Gasteiger partial charge in [-0.15, -0.1) is 0 Å². The second-order valence-corrected chi connectivity index (χ2v) is 3.29. The summed E-state index contributed by atoms with van der Waals surface area (Å²) in [6.45, 7) is 3.34. The average Bonchev–Trinajstić information content (AvgIpc) is 2.15. The summed E-state index contributed by atoms with van der Waals surface area (Å²) in [5.41, 5.74) is 1.18. The molecule has 0 saturated carbocycles. The van der Waals surface area contributed by atoms with Gasteiger partial charge in [0.2, 0.25) is 0 Å². The highest BCUT2D eigenvalue weighted by Gasteiger charge is 2.11. The number of piperidine rings is 1. The number of rotatable bonds is 4. The maximum atomic E-state index is 5.09. The fourth-order valence-electron chi connectivity index (χ4n) is 1.23. The van der Waals surface area contributed by atoms with Gasteiger partial charge < -0.3 is 14.5 Å². The summed E-state index contributed by atoms with van der Waals surface area (Å²) < 4.78 is 4.85. The maximum absolute atomic E-state index is 5.09. The van der Waals surface area contributed by atoms with Gasteiger partial charge in [-0.3, -0.25) is 0 Å². The average molecular weight is 186 g/mol. The van der Waals surface area contributed by atoms with Crippen molar-refractivity contribution in [3.05, 3.63) is 0 Å². The fraction of sp³-hybridized carbons (Fsp3) is 0.889. The molecule has 1 heterocycles. The van der Waals surface area contributed by atoms with E-state index in [2.05, 4.69) is 17.1 Å². The van der Waals surface area contributed by atoms with Gasteiger partial charge in [0, 0.05) is 33.0 Å². The molecule has 0 amide bonds. The Morgan fingerprint density at radius 3 is 2.62 bits per heavy atom. The van der Waals surface area contributed by atoms with Gasteiger partial charge in [-0.05, 0) is 7.05 Å². The summed E-state index contributed by atoms with van der Waals surface area (Å²) in [5, 5.41) is 4.07. The van der Waals surface area contributed by atoms with Crippen LogP contribution < -0.4 is 0 Å². The lowest BCUT2D eigenvalue weighted by molar-refractivity contribution is 0.0739. The molecule has 4 nitrogen and oxygen atoms in total. The molecule has 0 aromatic carbocycles. The van der Waals surface area contributed by atoms with Gasteiger partial charge in [0.1, 0.15) is 6.61 Å². The van der Waals surface area contributed by atoms with Crippen LogP contribution in [0.5, 0.6) is 0 Å². The molecule has 0 unspecified atom stereocenters. The molecule has 0 bridgehead atoms. The zero-order valence-corrected chi connectivity index (χ0v) is 8.45. The first kappa shape index (κ1) is 10.5. The van der Waals surface area contributed by atoms with Crippen LogP contribution in [-0.2, 0) is 9.57 Å². The first-order chi connectivity index (χ1) is 6.33. The molecular weight excluding hydrogens is 168 g/mol. The Morgan fingerprint density at radius 1 is 1.31 bits per heavy atom. The van der Waals surface area contributed by atoms with Gasteiger partial charge in [0.15, 0.2) is 0 Å². The third-order valence-electron chi connectivity index (χ3n) is 2.14. The summed E-state index contributed by atoms with van der Waals surface area (Å²) in [5.74, 6) is 0. The summed E-state index contributed by atoms with van der Waals surface area (Å²) in [6, 6.07) is 0. The SMILES string of the molecule is COCCON=C1CCN(C)CC1. The number of nitrogens with zero attached hydrogens (tertiary/aromatic N) is 2. The van der Waals surface area contributed by atoms with Crippen molar-refractivity contribution in [1.82, 2.24) is 4.90 Å². The first-order valence-electron chi connectivity index (χ1n) is 4.68. The number of ether oxygens (including phenoxy) is 1. The fourth-order valence-corrected chi connectivity index (χ4v) is 1.23. The molecular formula is C9H18N2O2. The monoisotopic (exact) mass is 186 g/mol. The van der Waals surface area contributed by atoms with Crippen molar-refractivity contribution < 1.29 is 9.57 Å². The number of oxime groups is 1. The van der Waals surface area contributed by atoms with Crippen LogP contribution in [0.4, 0.5) is 0 Å². The third-order valence-corrected chi connectivity index (χ3v) is 2.14. The normalized spacial score (nSPS) is 18.8. The second-order valence-electron chi connectivity index (χ2n) is 3.29. The molecule has 13 heavy (non-hydrogen) atoms. The summed E-state index contributed by atoms with van der Waals surface area (Å²) in [4.78, 5) is 7.39. The predicted molar refractivity (Wildman–Crippen MR) is 52.0 cm³/mol. The van der Waals surface area contributed by atoms with Gasteiger partial charge in [-0.25, -0.2) is 0 Å². The van der Waals surface area contributed by atoms with E-state index in [1.54, 1.807) is 7.11 Å². The Kier molecular flexibility index (Phi) is 4.78. The zero-order valence-electron chi connectivity index (χ0n) is 8.45. The van der Waals surface area contributed by atoms with Crippen LogP contribution in [0.15, 0.2) is 5.16 Å². The van der Waals surface area contributed by atoms with Crippen molar-refractivity contribution in [3.8, 4) is 0 Å². The molecule has 0 radical (unpaired) electrons. The number of likely N-dealkylation sites (tertiary alicyclic amines) is 1. The molecule has 76 valence electrons. The van der Waals surface area contributed by atoms with E-state index in [0.717, 1.165) is 25.9 Å². The topological polar surface area (TPSA) is 34.1 Å². The molecule has 1 saturated heterocycles. The van der Waals surface area contributed by atoms with Gasteiger partial charge in [0.25, 0.3) is 0 Å². The van der Waals surface area contributed by atoms with Crippen LogP contribution in [0, 0.1) is 0 Å². The van der Waals surface area contributed by atoms with Crippen molar-refractivity contribution in [3.63, 3.8) is 0 Å².